The number of carbonyl (C=O) groups excluding carboxylic acids is 2. The molecule has 0 spiro atoms. The fraction of sp³-hybridized carbons (Fsp3) is 0.750. The van der Waals surface area contributed by atoms with Gasteiger partial charge in [-0.05, 0) is 13.8 Å². The van der Waals surface area contributed by atoms with Crippen LogP contribution in [0.15, 0.2) is 0 Å². The van der Waals surface area contributed by atoms with E-state index in [-0.39, 0.29) is 13.2 Å². The van der Waals surface area contributed by atoms with Gasteiger partial charge in [0.1, 0.15) is 0 Å². The lowest BCUT2D eigenvalue weighted by atomic mass is 10.9. The maximum Gasteiger partial charge on any atom is 0.338 e. The fourth-order valence-electron chi connectivity index (χ4n) is 0.713. The number of hydrogen-bond donors (Lipinski definition) is 2. The molecule has 0 saturated heterocycles. The Kier molecular flexibility index (Phi) is 5.82. The van der Waals surface area contributed by atoms with Crippen molar-refractivity contribution in [1.29, 1.82) is 0 Å². The number of aliphatic hydroxyl groups excluding tert-OH is 2. The Balaban J connectivity index is 4.16. The van der Waals surface area contributed by atoms with E-state index in [0.29, 0.717) is 0 Å². The molecule has 0 heterocycles. The molecule has 14 heavy (non-hydrogen) atoms. The summed E-state index contributed by atoms with van der Waals surface area (Å²) in [6.07, 6.45) is -3.79. The topological polar surface area (TPSA) is 93.1 Å². The van der Waals surface area contributed by atoms with Gasteiger partial charge in [0, 0.05) is 0 Å². The van der Waals surface area contributed by atoms with Gasteiger partial charge in [0.25, 0.3) is 0 Å². The summed E-state index contributed by atoms with van der Waals surface area (Å²) in [6.45, 7) is 3.21. The minimum Gasteiger partial charge on any atom is -0.464 e. The van der Waals surface area contributed by atoms with Gasteiger partial charge >= 0.3 is 11.9 Å². The van der Waals surface area contributed by atoms with Crippen molar-refractivity contribution in [3.8, 4) is 0 Å². The number of carbonyl (C=O) groups is 2. The second-order valence-electron chi connectivity index (χ2n) is 2.39. The van der Waals surface area contributed by atoms with Crippen LogP contribution in [0.3, 0.4) is 0 Å². The van der Waals surface area contributed by atoms with Crippen molar-refractivity contribution in [3.63, 3.8) is 0 Å². The van der Waals surface area contributed by atoms with Crippen molar-refractivity contribution in [3.05, 3.63) is 0 Å². The minimum absolute atomic E-state index is 0.0610. The van der Waals surface area contributed by atoms with E-state index in [2.05, 4.69) is 9.47 Å². The highest BCUT2D eigenvalue weighted by molar-refractivity contribution is 5.85. The molecule has 0 aromatic rings. The zero-order valence-electron chi connectivity index (χ0n) is 8.10. The molecule has 2 atom stereocenters. The van der Waals surface area contributed by atoms with Crippen LogP contribution in [0.5, 0.6) is 0 Å². The molecule has 6 heteroatoms. The lowest BCUT2D eigenvalue weighted by Crippen LogP contribution is -2.41. The molecule has 6 nitrogen and oxygen atoms in total. The van der Waals surface area contributed by atoms with Crippen molar-refractivity contribution in [1.82, 2.24) is 0 Å². The van der Waals surface area contributed by atoms with Crippen LogP contribution in [0.25, 0.3) is 0 Å². The summed E-state index contributed by atoms with van der Waals surface area (Å²) in [5.41, 5.74) is 0. The molecule has 0 rings (SSSR count). The van der Waals surface area contributed by atoms with E-state index in [4.69, 9.17) is 10.2 Å². The first-order valence-corrected chi connectivity index (χ1v) is 4.24. The van der Waals surface area contributed by atoms with Crippen molar-refractivity contribution in [2.24, 2.45) is 0 Å². The average molecular weight is 210 g/mol. The Morgan fingerprint density at radius 2 is 1.29 bits per heavy atom. The summed E-state index contributed by atoms with van der Waals surface area (Å²) in [4.78, 5) is 21.7. The second kappa shape index (κ2) is 6.33. The highest BCUT2D eigenvalue weighted by Crippen LogP contribution is 1.99. The zero-order chi connectivity index (χ0) is 11.1. The molecule has 0 aliphatic heterocycles. The summed E-state index contributed by atoms with van der Waals surface area (Å²) >= 11 is 0. The SMILES string of the molecule is CCO[13C](=O)[13C@H](O)[13C@@H](O)[13C](=O)OCC. The van der Waals surface area contributed by atoms with E-state index in [1.54, 1.807) is 13.8 Å². The molecule has 0 aliphatic rings. The lowest BCUT2D eigenvalue weighted by molar-refractivity contribution is -0.172. The van der Waals surface area contributed by atoms with Crippen molar-refractivity contribution in [2.45, 2.75) is 26.1 Å². The molecular weight excluding hydrogens is 196 g/mol. The highest BCUT2D eigenvalue weighted by Gasteiger charge is 2.32. The predicted molar refractivity (Wildman–Crippen MR) is 45.3 cm³/mol. The summed E-state index contributed by atoms with van der Waals surface area (Å²) in [5, 5.41) is 18.2. The third-order valence-corrected chi connectivity index (χ3v) is 1.36. The van der Waals surface area contributed by atoms with Gasteiger partial charge in [-0.15, -0.1) is 0 Å². The van der Waals surface area contributed by atoms with Gasteiger partial charge in [0.15, 0.2) is 12.2 Å². The monoisotopic (exact) mass is 210 g/mol. The van der Waals surface area contributed by atoms with Crippen LogP contribution in [-0.4, -0.2) is 47.6 Å². The molecule has 0 unspecified atom stereocenters. The van der Waals surface area contributed by atoms with E-state index in [0.717, 1.165) is 0 Å². The van der Waals surface area contributed by atoms with Gasteiger partial charge in [-0.1, -0.05) is 0 Å². The number of aliphatic hydroxyl groups is 2. The molecule has 2 N–H and O–H groups in total. The third kappa shape index (κ3) is 3.71. The molecule has 82 valence electrons. The highest BCUT2D eigenvalue weighted by atomic mass is 16.7. The predicted octanol–water partition coefficient (Wildman–Crippen LogP) is -1.17. The van der Waals surface area contributed by atoms with E-state index in [9.17, 15) is 9.59 Å². The Labute approximate surface area is 81.4 Å². The maximum absolute atomic E-state index is 10.9. The van der Waals surface area contributed by atoms with Crippen molar-refractivity contribution in [2.75, 3.05) is 13.2 Å². The van der Waals surface area contributed by atoms with Crippen LogP contribution in [0.2, 0.25) is 0 Å². The van der Waals surface area contributed by atoms with Crippen LogP contribution in [0, 0.1) is 0 Å². The van der Waals surface area contributed by atoms with Crippen LogP contribution >= 0.6 is 0 Å². The summed E-state index contributed by atoms with van der Waals surface area (Å²) < 4.78 is 8.79. The Hall–Kier alpha value is -1.14. The summed E-state index contributed by atoms with van der Waals surface area (Å²) in [6, 6.07) is 0. The summed E-state index contributed by atoms with van der Waals surface area (Å²) in [7, 11) is 0. The standard InChI is InChI=1S/C8H14O6/c1-3-13-7(11)5(9)6(10)8(12)14-4-2/h5-6,9-10H,3-4H2,1-2H3/t5-,6-/m1/s1/i5+1,6+1,7+1,8+1. The molecule has 0 radical (unpaired) electrons. The molecule has 0 saturated carbocycles. The van der Waals surface area contributed by atoms with Crippen LogP contribution in [-0.2, 0) is 19.1 Å². The van der Waals surface area contributed by atoms with Crippen molar-refractivity contribution >= 4 is 11.9 Å². The smallest absolute Gasteiger partial charge is 0.338 e. The Morgan fingerprint density at radius 1 is 1.00 bits per heavy atom. The van der Waals surface area contributed by atoms with E-state index < -0.39 is 24.1 Å². The Bertz CT molecular complexity index is 180. The van der Waals surface area contributed by atoms with Gasteiger partial charge in [-0.25, -0.2) is 9.59 Å². The molecular formula is C8H14O6. The van der Waals surface area contributed by atoms with E-state index >= 15 is 0 Å². The van der Waals surface area contributed by atoms with Crippen LogP contribution in [0.1, 0.15) is 13.8 Å². The fourth-order valence-corrected chi connectivity index (χ4v) is 0.713. The molecule has 0 fully saturated rings. The maximum atomic E-state index is 10.9. The van der Waals surface area contributed by atoms with Crippen molar-refractivity contribution < 1.29 is 29.3 Å². The minimum atomic E-state index is -1.89. The molecule has 0 aromatic carbocycles. The molecule has 0 aliphatic carbocycles. The number of rotatable bonds is 5. The quantitative estimate of drug-likeness (QED) is 0.439. The second-order valence-corrected chi connectivity index (χ2v) is 2.39. The number of esters is 2. The number of hydrogen-bond acceptors (Lipinski definition) is 6. The van der Waals surface area contributed by atoms with Gasteiger partial charge in [0.05, 0.1) is 13.2 Å². The van der Waals surface area contributed by atoms with Gasteiger partial charge < -0.3 is 19.7 Å². The van der Waals surface area contributed by atoms with Crippen LogP contribution < -0.4 is 0 Å². The average Bonchev–Trinajstić information content (AvgIpc) is 2.16. The van der Waals surface area contributed by atoms with Crippen LogP contribution in [0.4, 0.5) is 0 Å². The Morgan fingerprint density at radius 3 is 1.50 bits per heavy atom. The normalized spacial score (nSPS) is 14.3. The third-order valence-electron chi connectivity index (χ3n) is 1.36. The van der Waals surface area contributed by atoms with E-state index in [1.807, 2.05) is 0 Å². The first kappa shape index (κ1) is 12.9. The largest absolute Gasteiger partial charge is 0.464 e. The van der Waals surface area contributed by atoms with Gasteiger partial charge in [0.2, 0.25) is 0 Å². The summed E-state index contributed by atoms with van der Waals surface area (Å²) in [5.74, 6) is -2.10. The molecule has 0 aromatic heterocycles. The van der Waals surface area contributed by atoms with Gasteiger partial charge in [-0.3, -0.25) is 0 Å². The van der Waals surface area contributed by atoms with E-state index in [1.165, 1.54) is 0 Å². The molecule has 0 amide bonds. The zero-order valence-corrected chi connectivity index (χ0v) is 8.10. The first-order chi connectivity index (χ1) is 6.54. The molecule has 0 bridgehead atoms. The van der Waals surface area contributed by atoms with Gasteiger partial charge in [-0.2, -0.15) is 0 Å². The lowest BCUT2D eigenvalue weighted by Gasteiger charge is -2.14. The first-order valence-electron chi connectivity index (χ1n) is 4.24. The number of ether oxygens (including phenoxy) is 2.